The van der Waals surface area contributed by atoms with Crippen LogP contribution in [0, 0.1) is 5.92 Å². The lowest BCUT2D eigenvalue weighted by molar-refractivity contribution is -0.113. The summed E-state index contributed by atoms with van der Waals surface area (Å²) in [6, 6.07) is 0. The highest BCUT2D eigenvalue weighted by molar-refractivity contribution is 7.99. The first-order valence-corrected chi connectivity index (χ1v) is 12.9. The molecule has 7 nitrogen and oxygen atoms in total. The van der Waals surface area contributed by atoms with E-state index in [1.54, 1.807) is 11.3 Å². The van der Waals surface area contributed by atoms with Crippen LogP contribution in [0.5, 0.6) is 0 Å². The molecule has 31 heavy (non-hydrogen) atoms. The molecule has 0 saturated carbocycles. The van der Waals surface area contributed by atoms with Crippen molar-refractivity contribution in [2.24, 2.45) is 11.7 Å². The minimum atomic E-state index is -0.505. The van der Waals surface area contributed by atoms with Crippen LogP contribution in [-0.4, -0.2) is 27.5 Å². The first-order valence-electron chi connectivity index (χ1n) is 10.3. The standard InChI is InChI=1S/C21H22N4O3S3/c1-9-5-6-11-13(7-9)31-20-16(11)18(28)24-21(25-20)29-8-14(26)23-19-15(17(22)27)10-3-2-4-12(10)30-19/h9H,2-8H2,1H3,(H2,22,27)(H,23,26)(H,24,25,28)/t9-/m0/s1. The summed E-state index contributed by atoms with van der Waals surface area (Å²) in [4.78, 5) is 47.7. The van der Waals surface area contributed by atoms with E-state index >= 15 is 0 Å². The van der Waals surface area contributed by atoms with Gasteiger partial charge < -0.3 is 16.0 Å². The number of anilines is 1. The van der Waals surface area contributed by atoms with Crippen LogP contribution in [0.2, 0.25) is 0 Å². The van der Waals surface area contributed by atoms with E-state index in [2.05, 4.69) is 22.2 Å². The number of hydrogen-bond donors (Lipinski definition) is 3. The Kier molecular flexibility index (Phi) is 5.39. The third-order valence-corrected chi connectivity index (χ3v) is 9.13. The van der Waals surface area contributed by atoms with Gasteiger partial charge in [-0.05, 0) is 55.6 Å². The Morgan fingerprint density at radius 2 is 2.06 bits per heavy atom. The molecule has 5 rings (SSSR count). The Morgan fingerprint density at radius 1 is 1.23 bits per heavy atom. The van der Waals surface area contributed by atoms with E-state index in [1.807, 2.05) is 0 Å². The summed E-state index contributed by atoms with van der Waals surface area (Å²) in [5, 5.41) is 4.50. The van der Waals surface area contributed by atoms with E-state index in [1.165, 1.54) is 28.0 Å². The van der Waals surface area contributed by atoms with Crippen LogP contribution < -0.4 is 16.6 Å². The van der Waals surface area contributed by atoms with Crippen LogP contribution in [-0.2, 0) is 30.5 Å². The SMILES string of the molecule is C[C@H]1CCc2c(sc3nc(SCC(=O)Nc4sc5c(c4C(N)=O)CCC5)[nH]c(=O)c23)C1. The number of aromatic amines is 1. The van der Waals surface area contributed by atoms with Gasteiger partial charge in [-0.2, -0.15) is 0 Å². The van der Waals surface area contributed by atoms with E-state index < -0.39 is 5.91 Å². The normalized spacial score (nSPS) is 17.5. The fourth-order valence-electron chi connectivity index (χ4n) is 4.45. The maximum atomic E-state index is 12.7. The lowest BCUT2D eigenvalue weighted by atomic mass is 9.89. The maximum absolute atomic E-state index is 12.7. The van der Waals surface area contributed by atoms with Gasteiger partial charge in [0.15, 0.2) is 5.16 Å². The van der Waals surface area contributed by atoms with Gasteiger partial charge in [-0.15, -0.1) is 22.7 Å². The quantitative estimate of drug-likeness (QED) is 0.386. The van der Waals surface area contributed by atoms with Crippen molar-refractivity contribution in [1.29, 1.82) is 0 Å². The summed E-state index contributed by atoms with van der Waals surface area (Å²) >= 11 is 4.21. The Bertz CT molecular complexity index is 1270. The summed E-state index contributed by atoms with van der Waals surface area (Å²) < 4.78 is 0. The number of thiophene rings is 2. The van der Waals surface area contributed by atoms with Crippen molar-refractivity contribution in [3.8, 4) is 0 Å². The van der Waals surface area contributed by atoms with Crippen molar-refractivity contribution in [2.75, 3.05) is 11.1 Å². The first kappa shape index (κ1) is 20.7. The van der Waals surface area contributed by atoms with E-state index in [0.29, 0.717) is 27.0 Å². The number of aromatic nitrogens is 2. The van der Waals surface area contributed by atoms with E-state index in [4.69, 9.17) is 5.73 Å². The van der Waals surface area contributed by atoms with Crippen molar-refractivity contribution in [3.63, 3.8) is 0 Å². The minimum absolute atomic E-state index is 0.0807. The van der Waals surface area contributed by atoms with Crippen LogP contribution in [0.25, 0.3) is 10.2 Å². The van der Waals surface area contributed by atoms with Crippen LogP contribution in [0.1, 0.15) is 51.0 Å². The molecule has 3 aromatic heterocycles. The number of thioether (sulfide) groups is 1. The smallest absolute Gasteiger partial charge is 0.260 e. The number of carbonyl (C=O) groups excluding carboxylic acids is 2. The zero-order valence-corrected chi connectivity index (χ0v) is 19.5. The second-order valence-corrected chi connectivity index (χ2v) is 11.3. The van der Waals surface area contributed by atoms with Crippen LogP contribution in [0.4, 0.5) is 5.00 Å². The maximum Gasteiger partial charge on any atom is 0.260 e. The number of fused-ring (bicyclic) bond motifs is 4. The van der Waals surface area contributed by atoms with Gasteiger partial charge in [-0.25, -0.2) is 4.98 Å². The van der Waals surface area contributed by atoms with Gasteiger partial charge in [0.2, 0.25) is 5.91 Å². The fourth-order valence-corrected chi connectivity index (χ4v) is 7.86. The van der Waals surface area contributed by atoms with Gasteiger partial charge in [0.1, 0.15) is 9.83 Å². The second-order valence-electron chi connectivity index (χ2n) is 8.17. The molecule has 2 aliphatic rings. The topological polar surface area (TPSA) is 118 Å². The number of H-pyrrole nitrogens is 1. The molecular weight excluding hydrogens is 452 g/mol. The number of nitrogens with zero attached hydrogens (tertiary/aromatic N) is 1. The molecule has 1 atom stereocenters. The summed E-state index contributed by atoms with van der Waals surface area (Å²) in [6.07, 6.45) is 5.76. The Hall–Kier alpha value is -2.17. The molecule has 0 saturated heterocycles. The van der Waals surface area contributed by atoms with Crippen molar-refractivity contribution < 1.29 is 9.59 Å². The van der Waals surface area contributed by atoms with Gasteiger partial charge in [0.25, 0.3) is 11.5 Å². The Labute approximate surface area is 190 Å². The molecule has 2 amide bonds. The monoisotopic (exact) mass is 474 g/mol. The molecule has 0 fully saturated rings. The number of aryl methyl sites for hydroxylation is 2. The lowest BCUT2D eigenvalue weighted by Crippen LogP contribution is -2.19. The molecule has 0 aromatic carbocycles. The molecule has 0 radical (unpaired) electrons. The molecular formula is C21H22N4O3S3. The highest BCUT2D eigenvalue weighted by atomic mass is 32.2. The van der Waals surface area contributed by atoms with Gasteiger partial charge in [0, 0.05) is 9.75 Å². The molecule has 2 aliphatic carbocycles. The molecule has 0 spiro atoms. The number of carbonyl (C=O) groups is 2. The van der Waals surface area contributed by atoms with Gasteiger partial charge in [0.05, 0.1) is 16.7 Å². The van der Waals surface area contributed by atoms with Crippen LogP contribution in [0.15, 0.2) is 9.95 Å². The van der Waals surface area contributed by atoms with Crippen molar-refractivity contribution in [3.05, 3.63) is 36.8 Å². The highest BCUT2D eigenvalue weighted by Gasteiger charge is 2.26. The summed E-state index contributed by atoms with van der Waals surface area (Å²) in [5.74, 6) is -0.0532. The van der Waals surface area contributed by atoms with E-state index in [-0.39, 0.29) is 17.2 Å². The third kappa shape index (κ3) is 3.81. The molecule has 0 bridgehead atoms. The average Bonchev–Trinajstić information content (AvgIpc) is 3.37. The molecule has 162 valence electrons. The molecule has 0 aliphatic heterocycles. The number of amides is 2. The number of hydrogen-bond acceptors (Lipinski definition) is 7. The van der Waals surface area contributed by atoms with Crippen LogP contribution >= 0.6 is 34.4 Å². The number of primary amides is 1. The molecule has 3 heterocycles. The number of nitrogens with two attached hydrogens (primary N) is 1. The zero-order valence-electron chi connectivity index (χ0n) is 17.0. The fraction of sp³-hybridized carbons (Fsp3) is 0.429. The predicted molar refractivity (Wildman–Crippen MR) is 126 cm³/mol. The van der Waals surface area contributed by atoms with Crippen molar-refractivity contribution >= 4 is 61.5 Å². The third-order valence-electron chi connectivity index (χ3n) is 5.90. The average molecular weight is 475 g/mol. The van der Waals surface area contributed by atoms with Gasteiger partial charge >= 0.3 is 0 Å². The second kappa shape index (κ2) is 8.07. The molecule has 0 unspecified atom stereocenters. The Balaban J connectivity index is 1.32. The molecule has 3 aromatic rings. The van der Waals surface area contributed by atoms with Crippen molar-refractivity contribution in [1.82, 2.24) is 9.97 Å². The van der Waals surface area contributed by atoms with Crippen LogP contribution in [0.3, 0.4) is 0 Å². The summed E-state index contributed by atoms with van der Waals surface area (Å²) in [6.45, 7) is 2.23. The van der Waals surface area contributed by atoms with Gasteiger partial charge in [-0.3, -0.25) is 14.4 Å². The lowest BCUT2D eigenvalue weighted by Gasteiger charge is -2.17. The van der Waals surface area contributed by atoms with Crippen molar-refractivity contribution in [2.45, 2.75) is 50.6 Å². The highest BCUT2D eigenvalue weighted by Crippen LogP contribution is 2.39. The van der Waals surface area contributed by atoms with E-state index in [0.717, 1.165) is 59.4 Å². The first-order chi connectivity index (χ1) is 14.9. The molecule has 4 N–H and O–H groups in total. The summed E-state index contributed by atoms with van der Waals surface area (Å²) in [5.41, 5.74) is 7.99. The molecule has 10 heteroatoms. The zero-order chi connectivity index (χ0) is 21.7. The largest absolute Gasteiger partial charge is 0.365 e. The number of nitrogens with one attached hydrogen (secondary N) is 2. The number of rotatable bonds is 5. The summed E-state index contributed by atoms with van der Waals surface area (Å²) in [7, 11) is 0. The Morgan fingerprint density at radius 3 is 2.87 bits per heavy atom. The minimum Gasteiger partial charge on any atom is -0.365 e. The van der Waals surface area contributed by atoms with Gasteiger partial charge in [-0.1, -0.05) is 18.7 Å². The predicted octanol–water partition coefficient (Wildman–Crippen LogP) is 3.49. The van der Waals surface area contributed by atoms with E-state index in [9.17, 15) is 14.4 Å².